The van der Waals surface area contributed by atoms with Crippen LogP contribution >= 0.6 is 0 Å². The van der Waals surface area contributed by atoms with Gasteiger partial charge < -0.3 is 19.8 Å². The summed E-state index contributed by atoms with van der Waals surface area (Å²) in [6.07, 6.45) is 0. The lowest BCUT2D eigenvalue weighted by molar-refractivity contribution is 0.189. The van der Waals surface area contributed by atoms with Crippen molar-refractivity contribution in [2.75, 3.05) is 26.6 Å². The minimum Gasteiger partial charge on any atom is -0.497 e. The average molecular weight is 245 g/mol. The monoisotopic (exact) mass is 245 g/mol. The van der Waals surface area contributed by atoms with E-state index in [4.69, 9.17) is 15.2 Å². The molecule has 0 saturated carbocycles. The van der Waals surface area contributed by atoms with E-state index in [-0.39, 0.29) is 0 Å². The molecule has 0 spiro atoms. The lowest BCUT2D eigenvalue weighted by Gasteiger charge is -2.07. The Balaban J connectivity index is 2.65. The molecule has 1 aromatic carbocycles. The molecule has 1 aromatic heterocycles. The maximum atomic E-state index is 9.20. The summed E-state index contributed by atoms with van der Waals surface area (Å²) in [5, 5.41) is 10.0. The molecule has 0 fully saturated rings. The molecular formula is C13H15N3O2. The Hall–Kier alpha value is -2.19. The summed E-state index contributed by atoms with van der Waals surface area (Å²) in [5.74, 6) is 1.18. The van der Waals surface area contributed by atoms with Crippen molar-refractivity contribution >= 4 is 16.7 Å². The van der Waals surface area contributed by atoms with Gasteiger partial charge in [-0.25, -0.2) is 0 Å². The van der Waals surface area contributed by atoms with Crippen molar-refractivity contribution in [1.82, 2.24) is 4.57 Å². The van der Waals surface area contributed by atoms with E-state index in [2.05, 4.69) is 6.07 Å². The Morgan fingerprint density at radius 2 is 2.17 bits per heavy atom. The van der Waals surface area contributed by atoms with E-state index >= 15 is 0 Å². The minimum absolute atomic E-state index is 0.470. The van der Waals surface area contributed by atoms with Gasteiger partial charge in [-0.1, -0.05) is 0 Å². The van der Waals surface area contributed by atoms with Gasteiger partial charge in [0.05, 0.1) is 19.2 Å². The molecule has 0 aliphatic rings. The molecule has 0 aliphatic carbocycles. The van der Waals surface area contributed by atoms with Crippen molar-refractivity contribution < 1.29 is 9.47 Å². The smallest absolute Gasteiger partial charge is 0.122 e. The first kappa shape index (κ1) is 12.3. The second-order valence-electron chi connectivity index (χ2n) is 3.90. The molecule has 0 amide bonds. The molecule has 0 atom stereocenters. The molecule has 2 aromatic rings. The van der Waals surface area contributed by atoms with Gasteiger partial charge in [0.2, 0.25) is 0 Å². The summed E-state index contributed by atoms with van der Waals surface area (Å²) >= 11 is 0. The van der Waals surface area contributed by atoms with Crippen LogP contribution in [0.4, 0.5) is 5.82 Å². The summed E-state index contributed by atoms with van der Waals surface area (Å²) in [6, 6.07) is 7.73. The van der Waals surface area contributed by atoms with Crippen LogP contribution in [-0.2, 0) is 11.3 Å². The molecule has 18 heavy (non-hydrogen) atoms. The molecule has 0 radical (unpaired) electrons. The Morgan fingerprint density at radius 3 is 2.78 bits per heavy atom. The fraction of sp³-hybridized carbons (Fsp3) is 0.308. The van der Waals surface area contributed by atoms with Crippen LogP contribution in [0.1, 0.15) is 5.56 Å². The zero-order valence-electron chi connectivity index (χ0n) is 10.4. The van der Waals surface area contributed by atoms with Gasteiger partial charge in [0.15, 0.2) is 0 Å². The normalized spacial score (nSPS) is 10.5. The Labute approximate surface area is 105 Å². The van der Waals surface area contributed by atoms with Crippen LogP contribution in [0.5, 0.6) is 5.75 Å². The average Bonchev–Trinajstić information content (AvgIpc) is 2.66. The zero-order chi connectivity index (χ0) is 13.1. The standard InChI is InChI=1S/C13H15N3O2/c1-17-6-5-16-12-4-3-9(18-2)7-10(12)11(8-14)13(16)15/h3-4,7H,5-6,15H2,1-2H3. The van der Waals surface area contributed by atoms with E-state index in [0.717, 1.165) is 10.9 Å². The highest BCUT2D eigenvalue weighted by molar-refractivity contribution is 5.93. The third-order valence-corrected chi connectivity index (χ3v) is 2.94. The first-order valence-corrected chi connectivity index (χ1v) is 5.57. The second kappa shape index (κ2) is 4.98. The predicted octanol–water partition coefficient (Wildman–Crippen LogP) is 1.75. The van der Waals surface area contributed by atoms with E-state index in [0.29, 0.717) is 30.3 Å². The fourth-order valence-electron chi connectivity index (χ4n) is 2.02. The molecule has 2 N–H and O–H groups in total. The quantitative estimate of drug-likeness (QED) is 0.890. The van der Waals surface area contributed by atoms with Gasteiger partial charge in [-0.3, -0.25) is 0 Å². The van der Waals surface area contributed by atoms with E-state index in [1.807, 2.05) is 22.8 Å². The largest absolute Gasteiger partial charge is 0.497 e. The van der Waals surface area contributed by atoms with Crippen LogP contribution in [0.3, 0.4) is 0 Å². The molecule has 94 valence electrons. The molecular weight excluding hydrogens is 230 g/mol. The molecule has 0 bridgehead atoms. The number of anilines is 1. The molecule has 5 nitrogen and oxygen atoms in total. The number of hydrogen-bond donors (Lipinski definition) is 1. The summed E-state index contributed by atoms with van der Waals surface area (Å²) in [7, 11) is 3.23. The van der Waals surface area contributed by atoms with Crippen molar-refractivity contribution in [2.24, 2.45) is 0 Å². The minimum atomic E-state index is 0.470. The first-order chi connectivity index (χ1) is 8.72. The lowest BCUT2D eigenvalue weighted by Crippen LogP contribution is -2.07. The van der Waals surface area contributed by atoms with Crippen LogP contribution in [0.2, 0.25) is 0 Å². The van der Waals surface area contributed by atoms with Gasteiger partial charge in [-0.05, 0) is 18.2 Å². The third-order valence-electron chi connectivity index (χ3n) is 2.94. The first-order valence-electron chi connectivity index (χ1n) is 5.57. The molecule has 1 heterocycles. The van der Waals surface area contributed by atoms with E-state index < -0.39 is 0 Å². The molecule has 5 heteroatoms. The Bertz CT molecular complexity index is 611. The molecule has 0 saturated heterocycles. The highest BCUT2D eigenvalue weighted by atomic mass is 16.5. The van der Waals surface area contributed by atoms with Gasteiger partial charge in [0.1, 0.15) is 23.2 Å². The van der Waals surface area contributed by atoms with Gasteiger partial charge in [0, 0.05) is 19.0 Å². The highest BCUT2D eigenvalue weighted by Gasteiger charge is 2.15. The second-order valence-corrected chi connectivity index (χ2v) is 3.90. The van der Waals surface area contributed by atoms with Crippen LogP contribution in [-0.4, -0.2) is 25.4 Å². The van der Waals surface area contributed by atoms with E-state index in [1.54, 1.807) is 14.2 Å². The number of hydrogen-bond acceptors (Lipinski definition) is 4. The summed E-state index contributed by atoms with van der Waals surface area (Å²) in [5.41, 5.74) is 7.41. The van der Waals surface area contributed by atoms with Crippen LogP contribution in [0.15, 0.2) is 18.2 Å². The number of methoxy groups -OCH3 is 2. The van der Waals surface area contributed by atoms with Gasteiger partial charge in [-0.15, -0.1) is 0 Å². The van der Waals surface area contributed by atoms with Crippen molar-refractivity contribution in [2.45, 2.75) is 6.54 Å². The maximum absolute atomic E-state index is 9.20. The van der Waals surface area contributed by atoms with Crippen LogP contribution < -0.4 is 10.5 Å². The van der Waals surface area contributed by atoms with Crippen molar-refractivity contribution in [1.29, 1.82) is 5.26 Å². The number of rotatable bonds is 4. The predicted molar refractivity (Wildman–Crippen MR) is 69.5 cm³/mol. The maximum Gasteiger partial charge on any atom is 0.122 e. The van der Waals surface area contributed by atoms with Crippen molar-refractivity contribution in [3.8, 4) is 11.8 Å². The number of fused-ring (bicyclic) bond motifs is 1. The number of nitrogens with zero attached hydrogens (tertiary/aromatic N) is 2. The molecule has 0 aliphatic heterocycles. The number of benzene rings is 1. The zero-order valence-corrected chi connectivity index (χ0v) is 10.4. The number of ether oxygens (including phenoxy) is 2. The van der Waals surface area contributed by atoms with E-state index in [9.17, 15) is 5.26 Å². The topological polar surface area (TPSA) is 73.2 Å². The van der Waals surface area contributed by atoms with Crippen molar-refractivity contribution in [3.05, 3.63) is 23.8 Å². The Morgan fingerprint density at radius 1 is 1.39 bits per heavy atom. The molecule has 0 unspecified atom stereocenters. The Kier molecular flexibility index (Phi) is 3.40. The highest BCUT2D eigenvalue weighted by Crippen LogP contribution is 2.30. The van der Waals surface area contributed by atoms with Crippen LogP contribution in [0, 0.1) is 11.3 Å². The number of nitrogen functional groups attached to an aromatic ring is 1. The third kappa shape index (κ3) is 1.87. The number of aromatic nitrogens is 1. The summed E-state index contributed by atoms with van der Waals surface area (Å²) < 4.78 is 12.1. The number of nitrogens with two attached hydrogens (primary N) is 1. The van der Waals surface area contributed by atoms with Crippen LogP contribution in [0.25, 0.3) is 10.9 Å². The lowest BCUT2D eigenvalue weighted by atomic mass is 10.2. The number of nitriles is 1. The van der Waals surface area contributed by atoms with Gasteiger partial charge in [-0.2, -0.15) is 5.26 Å². The summed E-state index contributed by atoms with van der Waals surface area (Å²) in [6.45, 7) is 1.16. The van der Waals surface area contributed by atoms with Crippen molar-refractivity contribution in [3.63, 3.8) is 0 Å². The van der Waals surface area contributed by atoms with Gasteiger partial charge >= 0.3 is 0 Å². The van der Waals surface area contributed by atoms with Gasteiger partial charge in [0.25, 0.3) is 0 Å². The fourth-order valence-corrected chi connectivity index (χ4v) is 2.02. The summed E-state index contributed by atoms with van der Waals surface area (Å²) in [4.78, 5) is 0. The molecule has 2 rings (SSSR count). The van der Waals surface area contributed by atoms with E-state index in [1.165, 1.54) is 0 Å². The SMILES string of the molecule is COCCn1c(N)c(C#N)c2cc(OC)ccc21.